The van der Waals surface area contributed by atoms with Crippen LogP contribution < -0.4 is 15.5 Å². The summed E-state index contributed by atoms with van der Waals surface area (Å²) in [6.07, 6.45) is 0. The Morgan fingerprint density at radius 3 is 2.35 bits per heavy atom. The number of aryl methyl sites for hydroxylation is 1. The number of amides is 2. The fraction of sp³-hybridized carbons (Fsp3) is 0.125. The number of carbonyl (C=O) groups is 2. The molecule has 0 aliphatic rings. The van der Waals surface area contributed by atoms with Gasteiger partial charge in [0.15, 0.2) is 0 Å². The summed E-state index contributed by atoms with van der Waals surface area (Å²) >= 11 is 6.03. The SMILES string of the molecule is C/C(=N\NC(=O)C(=O)Nc1ccc(C)c(Cl)c1)c1ccc(OCc2ccccc2)cc1. The van der Waals surface area contributed by atoms with E-state index in [0.29, 0.717) is 23.0 Å². The minimum absolute atomic E-state index is 0.433. The Labute approximate surface area is 185 Å². The standard InChI is InChI=1S/C24H22ClN3O3/c1-16-8-11-20(14-22(16)25)26-23(29)24(30)28-27-17(2)19-9-12-21(13-10-19)31-15-18-6-4-3-5-7-18/h3-14H,15H2,1-2H3,(H,26,29)(H,28,30)/b27-17+. The van der Waals surface area contributed by atoms with Crippen molar-refractivity contribution in [2.45, 2.75) is 20.5 Å². The average Bonchev–Trinajstić information content (AvgIpc) is 2.79. The Bertz CT molecular complexity index is 1100. The predicted octanol–water partition coefficient (Wildman–Crippen LogP) is 4.71. The van der Waals surface area contributed by atoms with E-state index in [1.54, 1.807) is 25.1 Å². The van der Waals surface area contributed by atoms with Crippen molar-refractivity contribution in [3.8, 4) is 5.75 Å². The zero-order chi connectivity index (χ0) is 22.2. The number of carbonyl (C=O) groups excluding carboxylic acids is 2. The van der Waals surface area contributed by atoms with Gasteiger partial charge in [-0.2, -0.15) is 5.10 Å². The molecule has 0 aromatic heterocycles. The van der Waals surface area contributed by atoms with Crippen molar-refractivity contribution in [3.05, 3.63) is 94.5 Å². The largest absolute Gasteiger partial charge is 0.489 e. The number of hydrogen-bond acceptors (Lipinski definition) is 4. The number of nitrogens with zero attached hydrogens (tertiary/aromatic N) is 1. The van der Waals surface area contributed by atoms with Gasteiger partial charge in [-0.05, 0) is 66.9 Å². The van der Waals surface area contributed by atoms with Crippen molar-refractivity contribution in [2.75, 3.05) is 5.32 Å². The van der Waals surface area contributed by atoms with Crippen LogP contribution in [-0.2, 0) is 16.2 Å². The highest BCUT2D eigenvalue weighted by Crippen LogP contribution is 2.20. The molecule has 3 aromatic rings. The minimum atomic E-state index is -0.876. The molecule has 0 bridgehead atoms. The maximum absolute atomic E-state index is 12.0. The molecule has 0 aliphatic carbocycles. The Hall–Kier alpha value is -3.64. The summed E-state index contributed by atoms with van der Waals surface area (Å²) in [5, 5.41) is 6.99. The van der Waals surface area contributed by atoms with E-state index < -0.39 is 11.8 Å². The molecule has 0 aliphatic heterocycles. The van der Waals surface area contributed by atoms with Gasteiger partial charge in [0.25, 0.3) is 0 Å². The lowest BCUT2D eigenvalue weighted by atomic mass is 10.1. The van der Waals surface area contributed by atoms with Gasteiger partial charge in [-0.15, -0.1) is 0 Å². The van der Waals surface area contributed by atoms with E-state index in [9.17, 15) is 9.59 Å². The van der Waals surface area contributed by atoms with Gasteiger partial charge in [0.05, 0.1) is 5.71 Å². The molecule has 7 heteroatoms. The van der Waals surface area contributed by atoms with Crippen LogP contribution in [0.3, 0.4) is 0 Å². The second-order valence-electron chi connectivity index (χ2n) is 6.85. The monoisotopic (exact) mass is 435 g/mol. The van der Waals surface area contributed by atoms with Crippen LogP contribution in [0.4, 0.5) is 5.69 Å². The molecule has 3 rings (SSSR count). The molecular formula is C24H22ClN3O3. The highest BCUT2D eigenvalue weighted by molar-refractivity contribution is 6.40. The highest BCUT2D eigenvalue weighted by atomic mass is 35.5. The van der Waals surface area contributed by atoms with E-state index >= 15 is 0 Å². The van der Waals surface area contributed by atoms with Gasteiger partial charge in [-0.3, -0.25) is 9.59 Å². The average molecular weight is 436 g/mol. The van der Waals surface area contributed by atoms with Crippen LogP contribution in [0.1, 0.15) is 23.6 Å². The van der Waals surface area contributed by atoms with Crippen LogP contribution in [0.25, 0.3) is 0 Å². The van der Waals surface area contributed by atoms with Crippen molar-refractivity contribution in [3.63, 3.8) is 0 Å². The third-order valence-electron chi connectivity index (χ3n) is 4.48. The summed E-state index contributed by atoms with van der Waals surface area (Å²) in [6.45, 7) is 4.06. The van der Waals surface area contributed by atoms with Crippen LogP contribution in [0.15, 0.2) is 77.9 Å². The number of anilines is 1. The fourth-order valence-electron chi connectivity index (χ4n) is 2.64. The lowest BCUT2D eigenvalue weighted by Crippen LogP contribution is -2.32. The van der Waals surface area contributed by atoms with E-state index in [-0.39, 0.29) is 0 Å². The van der Waals surface area contributed by atoms with E-state index in [0.717, 1.165) is 22.4 Å². The Kier molecular flexibility index (Phi) is 7.40. The molecule has 2 amide bonds. The molecule has 0 fully saturated rings. The molecule has 0 unspecified atom stereocenters. The summed E-state index contributed by atoms with van der Waals surface area (Å²) in [6, 6.07) is 22.2. The number of ether oxygens (including phenoxy) is 1. The molecule has 0 saturated heterocycles. The normalized spacial score (nSPS) is 11.0. The summed E-state index contributed by atoms with van der Waals surface area (Å²) in [4.78, 5) is 24.1. The molecule has 0 atom stereocenters. The number of rotatable bonds is 6. The second kappa shape index (κ2) is 10.4. The number of hydrogen-bond donors (Lipinski definition) is 2. The molecule has 0 spiro atoms. The van der Waals surface area contributed by atoms with Crippen LogP contribution >= 0.6 is 11.6 Å². The Morgan fingerprint density at radius 1 is 0.968 bits per heavy atom. The van der Waals surface area contributed by atoms with Crippen molar-refractivity contribution in [2.24, 2.45) is 5.10 Å². The minimum Gasteiger partial charge on any atom is -0.489 e. The van der Waals surface area contributed by atoms with Crippen molar-refractivity contribution < 1.29 is 14.3 Å². The van der Waals surface area contributed by atoms with Gasteiger partial charge in [-0.25, -0.2) is 5.43 Å². The maximum atomic E-state index is 12.0. The predicted molar refractivity (Wildman–Crippen MR) is 122 cm³/mol. The second-order valence-corrected chi connectivity index (χ2v) is 7.26. The third-order valence-corrected chi connectivity index (χ3v) is 4.89. The van der Waals surface area contributed by atoms with Crippen LogP contribution in [-0.4, -0.2) is 17.5 Å². The van der Waals surface area contributed by atoms with Gasteiger partial charge in [-0.1, -0.05) is 48.0 Å². The quantitative estimate of drug-likeness (QED) is 0.334. The molecule has 31 heavy (non-hydrogen) atoms. The first-order valence-corrected chi connectivity index (χ1v) is 9.99. The topological polar surface area (TPSA) is 79.8 Å². The molecule has 6 nitrogen and oxygen atoms in total. The first kappa shape index (κ1) is 22.1. The highest BCUT2D eigenvalue weighted by Gasteiger charge is 2.14. The van der Waals surface area contributed by atoms with Crippen molar-refractivity contribution in [1.82, 2.24) is 5.43 Å². The van der Waals surface area contributed by atoms with E-state index in [2.05, 4.69) is 15.8 Å². The van der Waals surface area contributed by atoms with Gasteiger partial charge in [0, 0.05) is 10.7 Å². The summed E-state index contributed by atoms with van der Waals surface area (Å²) in [5.74, 6) is -0.986. The van der Waals surface area contributed by atoms with Crippen LogP contribution in [0.2, 0.25) is 5.02 Å². The smallest absolute Gasteiger partial charge is 0.329 e. The van der Waals surface area contributed by atoms with E-state index in [1.807, 2.05) is 61.5 Å². The molecule has 0 heterocycles. The molecule has 2 N–H and O–H groups in total. The number of benzene rings is 3. The molecule has 158 valence electrons. The van der Waals surface area contributed by atoms with Gasteiger partial charge < -0.3 is 10.1 Å². The third kappa shape index (κ3) is 6.42. The first-order chi connectivity index (χ1) is 14.9. The molecular weight excluding hydrogens is 414 g/mol. The summed E-state index contributed by atoms with van der Waals surface area (Å²) in [7, 11) is 0. The lowest BCUT2D eigenvalue weighted by Gasteiger charge is -2.08. The summed E-state index contributed by atoms with van der Waals surface area (Å²) in [5.41, 5.74) is 5.99. The van der Waals surface area contributed by atoms with Gasteiger partial charge in [0.2, 0.25) is 0 Å². The molecule has 0 saturated carbocycles. The maximum Gasteiger partial charge on any atom is 0.329 e. The molecule has 3 aromatic carbocycles. The number of hydrazone groups is 1. The van der Waals surface area contributed by atoms with Crippen LogP contribution in [0.5, 0.6) is 5.75 Å². The summed E-state index contributed by atoms with van der Waals surface area (Å²) < 4.78 is 5.76. The van der Waals surface area contributed by atoms with E-state index in [4.69, 9.17) is 16.3 Å². The van der Waals surface area contributed by atoms with Gasteiger partial charge in [0.1, 0.15) is 12.4 Å². The lowest BCUT2D eigenvalue weighted by molar-refractivity contribution is -0.136. The number of halogens is 1. The fourth-order valence-corrected chi connectivity index (χ4v) is 2.82. The van der Waals surface area contributed by atoms with Crippen molar-refractivity contribution >= 4 is 34.8 Å². The van der Waals surface area contributed by atoms with Crippen molar-refractivity contribution in [1.29, 1.82) is 0 Å². The van der Waals surface area contributed by atoms with E-state index in [1.165, 1.54) is 0 Å². The Balaban J connectivity index is 1.53. The van der Waals surface area contributed by atoms with Crippen LogP contribution in [0, 0.1) is 6.92 Å². The zero-order valence-corrected chi connectivity index (χ0v) is 17.9. The molecule has 0 radical (unpaired) electrons. The Morgan fingerprint density at radius 2 is 1.68 bits per heavy atom. The van der Waals surface area contributed by atoms with Gasteiger partial charge >= 0.3 is 11.8 Å². The number of nitrogens with one attached hydrogen (secondary N) is 2. The zero-order valence-electron chi connectivity index (χ0n) is 17.2. The first-order valence-electron chi connectivity index (χ1n) is 9.61.